The van der Waals surface area contributed by atoms with Crippen molar-refractivity contribution in [1.82, 2.24) is 20.4 Å². The van der Waals surface area contributed by atoms with Crippen molar-refractivity contribution in [2.75, 3.05) is 25.0 Å². The lowest BCUT2D eigenvalue weighted by atomic mass is 9.80. The fourth-order valence-corrected chi connectivity index (χ4v) is 8.47. The maximum absolute atomic E-state index is 14.0. The number of nitrogens with one attached hydrogen (secondary N) is 3. The van der Waals surface area contributed by atoms with Crippen molar-refractivity contribution in [2.45, 2.75) is 135 Å². The number of anilines is 1. The second-order valence-corrected chi connectivity index (χ2v) is 15.8. The summed E-state index contributed by atoms with van der Waals surface area (Å²) in [6.45, 7) is 3.33. The molecule has 0 radical (unpaired) electrons. The monoisotopic (exact) mass is 759 g/mol. The number of halogens is 1. The van der Waals surface area contributed by atoms with E-state index in [1.165, 1.54) is 75.3 Å². The number of carbonyl (C=O) groups is 6. The average molecular weight is 760 g/mol. The van der Waals surface area contributed by atoms with E-state index in [1.807, 2.05) is 6.07 Å². The van der Waals surface area contributed by atoms with Crippen molar-refractivity contribution in [1.29, 1.82) is 0 Å². The minimum absolute atomic E-state index is 0.00701. The summed E-state index contributed by atoms with van der Waals surface area (Å²) in [4.78, 5) is 80.4. The molecule has 5 rings (SSSR count). The number of fused-ring (bicyclic) bond motifs is 2. The van der Waals surface area contributed by atoms with E-state index >= 15 is 0 Å². The van der Waals surface area contributed by atoms with E-state index in [1.54, 1.807) is 31.2 Å². The predicted molar refractivity (Wildman–Crippen MR) is 208 cm³/mol. The standard InChI is InChI=1S/C43H58FN5O6/c1-30(27-46-39(52)15-10-24-45-38(51)14-9-5-8-13-32-11-6-3-4-7-12-32)48(28-33-16-18-35(44)19-17-33)41(54)29-49-40(53)26-43(42(49)55)23-22-34-25-36(47-31(2)50)20-21-37(34)43/h16-21,25,30,32H,3-15,22-24,26-29H2,1-2H3,(H,45,51)(H,46,52)(H,47,50)/t30-,43+/m0/s1. The fourth-order valence-electron chi connectivity index (χ4n) is 8.47. The summed E-state index contributed by atoms with van der Waals surface area (Å²) in [5.41, 5.74) is 1.83. The largest absolute Gasteiger partial charge is 0.356 e. The summed E-state index contributed by atoms with van der Waals surface area (Å²) in [7, 11) is 0. The Morgan fingerprint density at radius 1 is 0.909 bits per heavy atom. The number of nitrogens with zero attached hydrogens (tertiary/aromatic N) is 2. The first kappa shape index (κ1) is 41.6. The van der Waals surface area contributed by atoms with Gasteiger partial charge in [0.25, 0.3) is 0 Å². The Morgan fingerprint density at radius 2 is 1.62 bits per heavy atom. The molecule has 2 fully saturated rings. The number of hydrogen-bond acceptors (Lipinski definition) is 6. The van der Waals surface area contributed by atoms with Gasteiger partial charge in [-0.2, -0.15) is 0 Å². The van der Waals surface area contributed by atoms with Gasteiger partial charge in [-0.3, -0.25) is 33.7 Å². The van der Waals surface area contributed by atoms with Gasteiger partial charge in [0.15, 0.2) is 0 Å². The highest BCUT2D eigenvalue weighted by Crippen LogP contribution is 2.47. The number of hydrogen-bond donors (Lipinski definition) is 3. The van der Waals surface area contributed by atoms with Gasteiger partial charge in [0.05, 0.1) is 5.41 Å². The van der Waals surface area contributed by atoms with Crippen LogP contribution in [0.15, 0.2) is 42.5 Å². The molecule has 6 amide bonds. The first-order valence-corrected chi connectivity index (χ1v) is 20.3. The molecule has 2 aromatic rings. The van der Waals surface area contributed by atoms with Crippen molar-refractivity contribution in [3.05, 3.63) is 65.0 Å². The molecule has 3 N–H and O–H groups in total. The Hall–Kier alpha value is -4.61. The Bertz CT molecular complexity index is 1690. The van der Waals surface area contributed by atoms with E-state index in [0.717, 1.165) is 34.8 Å². The van der Waals surface area contributed by atoms with Gasteiger partial charge in [0.2, 0.25) is 35.4 Å². The van der Waals surface area contributed by atoms with Crippen molar-refractivity contribution in [3.63, 3.8) is 0 Å². The van der Waals surface area contributed by atoms with Crippen LogP contribution in [0.3, 0.4) is 0 Å². The summed E-state index contributed by atoms with van der Waals surface area (Å²) < 4.78 is 13.7. The molecule has 1 aliphatic heterocycles. The van der Waals surface area contributed by atoms with E-state index in [-0.39, 0.29) is 43.7 Å². The third-order valence-corrected chi connectivity index (χ3v) is 11.6. The van der Waals surface area contributed by atoms with Crippen LogP contribution < -0.4 is 16.0 Å². The van der Waals surface area contributed by atoms with Gasteiger partial charge in [-0.05, 0) is 79.5 Å². The van der Waals surface area contributed by atoms with Crippen LogP contribution >= 0.6 is 0 Å². The number of carbonyl (C=O) groups excluding carboxylic acids is 6. The lowest BCUT2D eigenvalue weighted by molar-refractivity contribution is -0.147. The van der Waals surface area contributed by atoms with Crippen molar-refractivity contribution < 1.29 is 33.2 Å². The molecule has 0 bridgehead atoms. The number of imide groups is 1. The number of likely N-dealkylation sites (tertiary alicyclic amines) is 1. The van der Waals surface area contributed by atoms with Gasteiger partial charge in [0.1, 0.15) is 12.4 Å². The van der Waals surface area contributed by atoms with Gasteiger partial charge < -0.3 is 20.9 Å². The fraction of sp³-hybridized carbons (Fsp3) is 0.581. The van der Waals surface area contributed by atoms with Gasteiger partial charge in [-0.15, -0.1) is 0 Å². The zero-order valence-corrected chi connectivity index (χ0v) is 32.6. The molecule has 12 heteroatoms. The molecule has 11 nitrogen and oxygen atoms in total. The summed E-state index contributed by atoms with van der Waals surface area (Å²) in [6, 6.07) is 10.5. The van der Waals surface area contributed by atoms with E-state index in [4.69, 9.17) is 0 Å². The summed E-state index contributed by atoms with van der Waals surface area (Å²) in [6.07, 6.45) is 14.6. The van der Waals surface area contributed by atoms with E-state index in [9.17, 15) is 33.2 Å². The third kappa shape index (κ3) is 11.5. The van der Waals surface area contributed by atoms with Gasteiger partial charge >= 0.3 is 0 Å². The zero-order chi connectivity index (χ0) is 39.4. The highest BCUT2D eigenvalue weighted by Gasteiger charge is 2.55. The Morgan fingerprint density at radius 3 is 2.35 bits per heavy atom. The lowest BCUT2D eigenvalue weighted by Crippen LogP contribution is -2.50. The molecule has 2 aromatic carbocycles. The van der Waals surface area contributed by atoms with Gasteiger partial charge in [-0.1, -0.05) is 76.0 Å². The van der Waals surface area contributed by atoms with Gasteiger partial charge in [0, 0.05) is 57.5 Å². The molecule has 0 unspecified atom stereocenters. The Kier molecular flexibility index (Phi) is 15.0. The van der Waals surface area contributed by atoms with Crippen LogP contribution in [0, 0.1) is 11.7 Å². The summed E-state index contributed by atoms with van der Waals surface area (Å²) >= 11 is 0. The molecule has 55 heavy (non-hydrogen) atoms. The van der Waals surface area contributed by atoms with Crippen molar-refractivity contribution in [3.8, 4) is 0 Å². The maximum atomic E-state index is 14.0. The summed E-state index contributed by atoms with van der Waals surface area (Å²) in [5, 5.41) is 8.55. The molecule has 1 saturated heterocycles. The smallest absolute Gasteiger partial charge is 0.243 e. The maximum Gasteiger partial charge on any atom is 0.243 e. The van der Waals surface area contributed by atoms with E-state index in [0.29, 0.717) is 43.5 Å². The van der Waals surface area contributed by atoms with Crippen LogP contribution in [-0.4, -0.2) is 70.9 Å². The molecular formula is C43H58FN5O6. The Labute approximate surface area is 324 Å². The quantitative estimate of drug-likeness (QED) is 0.0956. The molecular weight excluding hydrogens is 702 g/mol. The molecule has 0 aromatic heterocycles. The number of aryl methyl sites for hydroxylation is 1. The number of benzene rings is 2. The van der Waals surface area contributed by atoms with Crippen LogP contribution in [0.2, 0.25) is 0 Å². The molecule has 2 atom stereocenters. The molecule has 1 heterocycles. The highest BCUT2D eigenvalue weighted by molar-refractivity contribution is 6.11. The third-order valence-electron chi connectivity index (χ3n) is 11.6. The first-order chi connectivity index (χ1) is 26.4. The predicted octanol–water partition coefficient (Wildman–Crippen LogP) is 6.08. The highest BCUT2D eigenvalue weighted by atomic mass is 19.1. The minimum atomic E-state index is -1.06. The second kappa shape index (κ2) is 19.8. The number of unbranched alkanes of at least 4 members (excludes halogenated alkanes) is 2. The Balaban J connectivity index is 1.09. The summed E-state index contributed by atoms with van der Waals surface area (Å²) in [5.74, 6) is -1.31. The topological polar surface area (TPSA) is 145 Å². The number of amides is 6. The number of rotatable bonds is 18. The minimum Gasteiger partial charge on any atom is -0.356 e. The SMILES string of the molecule is CC(=O)Nc1ccc2c(c1)CC[C@@]21CC(=O)N(CC(=O)N(Cc2ccc(F)cc2)[C@@H](C)CNC(=O)CCCNC(=O)CCCCCC2CCCCCC2)C1=O. The molecule has 1 saturated carbocycles. The molecule has 2 aliphatic carbocycles. The zero-order valence-electron chi connectivity index (χ0n) is 32.6. The van der Waals surface area contributed by atoms with Crippen LogP contribution in [0.4, 0.5) is 10.1 Å². The molecule has 1 spiro atoms. The molecule has 298 valence electrons. The molecule has 3 aliphatic rings. The normalized spacial score (nSPS) is 18.9. The van der Waals surface area contributed by atoms with E-state index in [2.05, 4.69) is 16.0 Å². The second-order valence-electron chi connectivity index (χ2n) is 15.8. The van der Waals surface area contributed by atoms with Crippen LogP contribution in [0.1, 0.15) is 127 Å². The van der Waals surface area contributed by atoms with Gasteiger partial charge in [-0.25, -0.2) is 4.39 Å². The van der Waals surface area contributed by atoms with Crippen LogP contribution in [0.5, 0.6) is 0 Å². The van der Waals surface area contributed by atoms with Crippen molar-refractivity contribution >= 4 is 41.1 Å². The van der Waals surface area contributed by atoms with Crippen LogP contribution in [-0.2, 0) is 47.1 Å². The first-order valence-electron chi connectivity index (χ1n) is 20.3. The lowest BCUT2D eigenvalue weighted by Gasteiger charge is -2.31. The van der Waals surface area contributed by atoms with Crippen LogP contribution in [0.25, 0.3) is 0 Å². The van der Waals surface area contributed by atoms with Crippen molar-refractivity contribution in [2.24, 2.45) is 5.92 Å². The average Bonchev–Trinajstić information content (AvgIpc) is 3.47. The van der Waals surface area contributed by atoms with E-state index < -0.39 is 41.5 Å².